The van der Waals surface area contributed by atoms with Crippen LogP contribution in [0.3, 0.4) is 0 Å². The molecule has 0 aliphatic heterocycles. The fourth-order valence-electron chi connectivity index (χ4n) is 1.52. The lowest BCUT2D eigenvalue weighted by atomic mass is 9.92. The Morgan fingerprint density at radius 2 is 2.00 bits per heavy atom. The Kier molecular flexibility index (Phi) is 2.75. The quantitative estimate of drug-likeness (QED) is 0.598. The van der Waals surface area contributed by atoms with Gasteiger partial charge in [0.1, 0.15) is 0 Å². The van der Waals surface area contributed by atoms with Gasteiger partial charge in [-0.05, 0) is 32.6 Å². The second kappa shape index (κ2) is 3.61. The predicted molar refractivity (Wildman–Crippen MR) is 49.3 cm³/mol. The van der Waals surface area contributed by atoms with Gasteiger partial charge in [-0.2, -0.15) is 0 Å². The zero-order valence-electron chi connectivity index (χ0n) is 7.32. The van der Waals surface area contributed by atoms with E-state index in [1.807, 2.05) is 6.92 Å². The van der Waals surface area contributed by atoms with Crippen molar-refractivity contribution in [1.29, 1.82) is 0 Å². The van der Waals surface area contributed by atoms with E-state index in [9.17, 15) is 0 Å². The van der Waals surface area contributed by atoms with Gasteiger partial charge >= 0.3 is 0 Å². The molecule has 0 atom stereocenters. The van der Waals surface area contributed by atoms with Crippen LogP contribution in [-0.4, -0.2) is 6.04 Å². The summed E-state index contributed by atoms with van der Waals surface area (Å²) in [5, 5.41) is 3.37. The normalized spacial score (nSPS) is 19.9. The van der Waals surface area contributed by atoms with E-state index < -0.39 is 0 Å². The number of rotatable bonds is 2. The highest BCUT2D eigenvalue weighted by atomic mass is 14.9. The summed E-state index contributed by atoms with van der Waals surface area (Å²) in [6, 6.07) is 0.651. The van der Waals surface area contributed by atoms with Crippen LogP contribution >= 0.6 is 0 Å². The Labute approximate surface area is 69.2 Å². The number of allylic oxidation sites excluding steroid dienone is 2. The largest absolute Gasteiger partial charge is 0.386 e. The topological polar surface area (TPSA) is 12.0 Å². The van der Waals surface area contributed by atoms with Gasteiger partial charge in [-0.3, -0.25) is 0 Å². The van der Waals surface area contributed by atoms with Crippen molar-refractivity contribution in [2.75, 3.05) is 0 Å². The molecule has 62 valence electrons. The van der Waals surface area contributed by atoms with Gasteiger partial charge < -0.3 is 5.32 Å². The molecule has 1 heteroatoms. The second-order valence-electron chi connectivity index (χ2n) is 3.45. The lowest BCUT2D eigenvalue weighted by Crippen LogP contribution is -2.29. The van der Waals surface area contributed by atoms with Crippen molar-refractivity contribution < 1.29 is 0 Å². The van der Waals surface area contributed by atoms with E-state index in [1.165, 1.54) is 31.3 Å². The van der Waals surface area contributed by atoms with E-state index in [2.05, 4.69) is 18.5 Å². The molecule has 0 aromatic rings. The van der Waals surface area contributed by atoms with Crippen LogP contribution in [0.2, 0.25) is 0 Å². The van der Waals surface area contributed by atoms with Crippen LogP contribution in [0.1, 0.15) is 32.6 Å². The molecule has 1 aliphatic rings. The smallest absolute Gasteiger partial charge is 0.0264 e. The van der Waals surface area contributed by atoms with Gasteiger partial charge in [0, 0.05) is 11.7 Å². The van der Waals surface area contributed by atoms with Crippen LogP contribution in [0, 0.1) is 0 Å². The zero-order chi connectivity index (χ0) is 8.27. The molecule has 0 aromatic heterocycles. The molecule has 1 nitrogen and oxygen atoms in total. The fraction of sp³-hybridized carbons (Fsp3) is 0.600. The van der Waals surface area contributed by atoms with E-state index in [4.69, 9.17) is 0 Å². The molecule has 0 saturated heterocycles. The maximum absolute atomic E-state index is 3.98. The molecule has 1 aliphatic carbocycles. The SMILES string of the molecule is C=C1CCC(NC(=C)C)CC1. The van der Waals surface area contributed by atoms with Gasteiger partial charge in [0.15, 0.2) is 0 Å². The molecular weight excluding hydrogens is 134 g/mol. The molecule has 0 unspecified atom stereocenters. The van der Waals surface area contributed by atoms with Crippen LogP contribution < -0.4 is 5.32 Å². The van der Waals surface area contributed by atoms with Crippen LogP contribution in [0.25, 0.3) is 0 Å². The van der Waals surface area contributed by atoms with Crippen molar-refractivity contribution in [3.05, 3.63) is 24.4 Å². The first kappa shape index (κ1) is 8.38. The summed E-state index contributed by atoms with van der Waals surface area (Å²) >= 11 is 0. The van der Waals surface area contributed by atoms with E-state index in [-0.39, 0.29) is 0 Å². The highest BCUT2D eigenvalue weighted by molar-refractivity contribution is 5.02. The zero-order valence-corrected chi connectivity index (χ0v) is 7.32. The first-order valence-corrected chi connectivity index (χ1v) is 4.27. The summed E-state index contributed by atoms with van der Waals surface area (Å²) in [5.74, 6) is 0. The molecule has 1 rings (SSSR count). The molecule has 11 heavy (non-hydrogen) atoms. The van der Waals surface area contributed by atoms with Crippen molar-refractivity contribution in [1.82, 2.24) is 5.32 Å². The van der Waals surface area contributed by atoms with E-state index in [0.29, 0.717) is 6.04 Å². The number of hydrogen-bond acceptors (Lipinski definition) is 1. The number of nitrogens with one attached hydrogen (secondary N) is 1. The third-order valence-electron chi connectivity index (χ3n) is 2.14. The minimum Gasteiger partial charge on any atom is -0.386 e. The second-order valence-corrected chi connectivity index (χ2v) is 3.45. The van der Waals surface area contributed by atoms with Crippen LogP contribution in [0.15, 0.2) is 24.4 Å². The molecule has 1 fully saturated rings. The minimum absolute atomic E-state index is 0.651. The monoisotopic (exact) mass is 151 g/mol. The summed E-state index contributed by atoms with van der Waals surface area (Å²) in [7, 11) is 0. The van der Waals surface area contributed by atoms with Crippen molar-refractivity contribution in [3.63, 3.8) is 0 Å². The van der Waals surface area contributed by atoms with E-state index >= 15 is 0 Å². The van der Waals surface area contributed by atoms with Crippen molar-refractivity contribution in [3.8, 4) is 0 Å². The standard InChI is InChI=1S/C10H17N/c1-8(2)11-10-6-4-9(3)5-7-10/h10-11H,1,3-7H2,2H3. The molecule has 1 saturated carbocycles. The van der Waals surface area contributed by atoms with Crippen LogP contribution in [0.4, 0.5) is 0 Å². The first-order chi connectivity index (χ1) is 5.18. The maximum Gasteiger partial charge on any atom is 0.0264 e. The fourth-order valence-corrected chi connectivity index (χ4v) is 1.52. The highest BCUT2D eigenvalue weighted by Gasteiger charge is 2.13. The molecule has 0 aromatic carbocycles. The van der Waals surface area contributed by atoms with E-state index in [0.717, 1.165) is 5.70 Å². The Hall–Kier alpha value is -0.720. The summed E-state index contributed by atoms with van der Waals surface area (Å²) in [4.78, 5) is 0. The average molecular weight is 151 g/mol. The van der Waals surface area contributed by atoms with Gasteiger partial charge in [0.05, 0.1) is 0 Å². The van der Waals surface area contributed by atoms with Gasteiger partial charge in [0.25, 0.3) is 0 Å². The van der Waals surface area contributed by atoms with Gasteiger partial charge in [-0.25, -0.2) is 0 Å². The van der Waals surface area contributed by atoms with Crippen molar-refractivity contribution in [2.24, 2.45) is 0 Å². The average Bonchev–Trinajstić information content (AvgIpc) is 1.93. The first-order valence-electron chi connectivity index (χ1n) is 4.27. The maximum atomic E-state index is 3.98. The summed E-state index contributed by atoms with van der Waals surface area (Å²) in [6.45, 7) is 9.83. The Morgan fingerprint density at radius 3 is 2.45 bits per heavy atom. The Morgan fingerprint density at radius 1 is 1.45 bits per heavy atom. The Balaban J connectivity index is 2.28. The van der Waals surface area contributed by atoms with Gasteiger partial charge in [-0.15, -0.1) is 0 Å². The molecule has 0 bridgehead atoms. The number of hydrogen-bond donors (Lipinski definition) is 1. The highest BCUT2D eigenvalue weighted by Crippen LogP contribution is 2.21. The molecule has 0 amide bonds. The molecule has 1 N–H and O–H groups in total. The molecular formula is C10H17N. The summed E-state index contributed by atoms with van der Waals surface area (Å²) in [6.07, 6.45) is 4.83. The van der Waals surface area contributed by atoms with Crippen molar-refractivity contribution in [2.45, 2.75) is 38.6 Å². The lowest BCUT2D eigenvalue weighted by molar-refractivity contribution is 0.451. The molecule has 0 radical (unpaired) electrons. The van der Waals surface area contributed by atoms with Gasteiger partial charge in [0.2, 0.25) is 0 Å². The Bertz CT molecular complexity index is 160. The summed E-state index contributed by atoms with van der Waals surface area (Å²) in [5.41, 5.74) is 2.49. The van der Waals surface area contributed by atoms with Crippen molar-refractivity contribution >= 4 is 0 Å². The predicted octanol–water partition coefficient (Wildman–Crippen LogP) is 2.61. The summed E-state index contributed by atoms with van der Waals surface area (Å²) < 4.78 is 0. The minimum atomic E-state index is 0.651. The third-order valence-corrected chi connectivity index (χ3v) is 2.14. The van der Waals surface area contributed by atoms with Crippen LogP contribution in [-0.2, 0) is 0 Å². The lowest BCUT2D eigenvalue weighted by Gasteiger charge is -2.25. The van der Waals surface area contributed by atoms with E-state index in [1.54, 1.807) is 0 Å². The molecule has 0 spiro atoms. The third kappa shape index (κ3) is 2.79. The van der Waals surface area contributed by atoms with Crippen LogP contribution in [0.5, 0.6) is 0 Å². The molecule has 0 heterocycles. The van der Waals surface area contributed by atoms with Gasteiger partial charge in [-0.1, -0.05) is 18.7 Å².